The molecule has 2 heteroatoms. The molecule has 0 spiro atoms. The molecule has 46 heavy (non-hydrogen) atoms. The fourth-order valence-corrected chi connectivity index (χ4v) is 7.60. The minimum absolute atomic E-state index is 0.911. The van der Waals surface area contributed by atoms with Gasteiger partial charge in [0.15, 0.2) is 0 Å². The molecule has 0 unspecified atom stereocenters. The molecule has 2 nitrogen and oxygen atoms in total. The molecule has 0 aliphatic heterocycles. The van der Waals surface area contributed by atoms with E-state index in [1.54, 1.807) is 0 Å². The Bertz CT molecular complexity index is 2730. The summed E-state index contributed by atoms with van der Waals surface area (Å²) in [6.07, 6.45) is 0. The van der Waals surface area contributed by atoms with Gasteiger partial charge >= 0.3 is 0 Å². The Balaban J connectivity index is 1.33. The van der Waals surface area contributed by atoms with E-state index in [1.165, 1.54) is 65.6 Å². The Kier molecular flexibility index (Phi) is 5.31. The molecule has 0 fully saturated rings. The van der Waals surface area contributed by atoms with Gasteiger partial charge in [0.2, 0.25) is 0 Å². The summed E-state index contributed by atoms with van der Waals surface area (Å²) in [5.41, 5.74) is 10.3. The zero-order valence-corrected chi connectivity index (χ0v) is 24.9. The number of furan rings is 1. The van der Waals surface area contributed by atoms with Gasteiger partial charge in [-0.2, -0.15) is 0 Å². The maximum Gasteiger partial charge on any atom is 0.136 e. The molecule has 0 bridgehead atoms. The fraction of sp³-hybridized carbons (Fsp3) is 0. The highest BCUT2D eigenvalue weighted by atomic mass is 16.3. The monoisotopic (exact) mass is 585 g/mol. The van der Waals surface area contributed by atoms with Gasteiger partial charge in [0.05, 0.1) is 11.0 Å². The molecule has 10 rings (SSSR count). The molecule has 214 valence electrons. The van der Waals surface area contributed by atoms with Crippen molar-refractivity contribution in [1.82, 2.24) is 4.57 Å². The number of benzene rings is 8. The molecule has 2 aromatic heterocycles. The first-order chi connectivity index (χ1) is 22.8. The Hall–Kier alpha value is -6.12. The maximum absolute atomic E-state index is 6.40. The molecule has 0 N–H and O–H groups in total. The van der Waals surface area contributed by atoms with Crippen LogP contribution in [0.1, 0.15) is 0 Å². The quantitative estimate of drug-likeness (QED) is 0.189. The van der Waals surface area contributed by atoms with Crippen LogP contribution < -0.4 is 0 Å². The fourth-order valence-electron chi connectivity index (χ4n) is 7.60. The standard InChI is InChI=1S/C44H27NO/c1-3-13-28(14-4-1)43-32-18-7-9-20-34(32)44(35-21-10-8-19-33(35)43)29-23-24-39-36(25-29)37-27-42-38(31-17-11-12-22-41(31)46-42)26-40(37)45(39)30-15-5-2-6-16-30/h1-27H. The van der Waals surface area contributed by atoms with Gasteiger partial charge in [0.1, 0.15) is 11.2 Å². The molecule has 0 aliphatic carbocycles. The highest BCUT2D eigenvalue weighted by Gasteiger charge is 2.20. The van der Waals surface area contributed by atoms with Crippen LogP contribution in [0.3, 0.4) is 0 Å². The summed E-state index contributed by atoms with van der Waals surface area (Å²) in [4.78, 5) is 0. The Labute approximate surface area is 265 Å². The van der Waals surface area contributed by atoms with Gasteiger partial charge < -0.3 is 8.98 Å². The third kappa shape index (κ3) is 3.59. The molecule has 0 aliphatic rings. The van der Waals surface area contributed by atoms with E-state index in [0.717, 1.165) is 27.6 Å². The van der Waals surface area contributed by atoms with Crippen LogP contribution in [0.4, 0.5) is 0 Å². The number of aromatic nitrogens is 1. The number of hydrogen-bond donors (Lipinski definition) is 0. The first-order valence-corrected chi connectivity index (χ1v) is 15.8. The number of hydrogen-bond acceptors (Lipinski definition) is 1. The smallest absolute Gasteiger partial charge is 0.136 e. The molecule has 0 saturated carbocycles. The summed E-state index contributed by atoms with van der Waals surface area (Å²) in [6.45, 7) is 0. The molecule has 2 heterocycles. The average molecular weight is 586 g/mol. The lowest BCUT2D eigenvalue weighted by atomic mass is 9.86. The minimum Gasteiger partial charge on any atom is -0.456 e. The van der Waals surface area contributed by atoms with Crippen molar-refractivity contribution in [1.29, 1.82) is 0 Å². The summed E-state index contributed by atoms with van der Waals surface area (Å²) < 4.78 is 8.79. The molecular weight excluding hydrogens is 558 g/mol. The van der Waals surface area contributed by atoms with Crippen molar-refractivity contribution >= 4 is 65.3 Å². The topological polar surface area (TPSA) is 18.1 Å². The van der Waals surface area contributed by atoms with Crippen molar-refractivity contribution in [3.05, 3.63) is 164 Å². The van der Waals surface area contributed by atoms with E-state index in [-0.39, 0.29) is 0 Å². The third-order valence-corrected chi connectivity index (χ3v) is 9.56. The van der Waals surface area contributed by atoms with Crippen molar-refractivity contribution in [3.8, 4) is 27.9 Å². The summed E-state index contributed by atoms with van der Waals surface area (Å²) in [5.74, 6) is 0. The van der Waals surface area contributed by atoms with E-state index in [2.05, 4.69) is 162 Å². The highest BCUT2D eigenvalue weighted by molar-refractivity contribution is 6.23. The molecule has 0 radical (unpaired) electrons. The Morgan fingerprint density at radius 1 is 0.326 bits per heavy atom. The van der Waals surface area contributed by atoms with Crippen LogP contribution in [-0.2, 0) is 0 Å². The van der Waals surface area contributed by atoms with Crippen LogP contribution in [0.25, 0.3) is 93.2 Å². The molecule has 0 amide bonds. The molecule has 10 aromatic rings. The van der Waals surface area contributed by atoms with Crippen LogP contribution in [0, 0.1) is 0 Å². The van der Waals surface area contributed by atoms with Crippen molar-refractivity contribution in [2.24, 2.45) is 0 Å². The van der Waals surface area contributed by atoms with Gasteiger partial charge in [0.25, 0.3) is 0 Å². The second-order valence-corrected chi connectivity index (χ2v) is 12.1. The van der Waals surface area contributed by atoms with Crippen LogP contribution >= 0.6 is 0 Å². The van der Waals surface area contributed by atoms with Gasteiger partial charge in [-0.3, -0.25) is 0 Å². The lowest BCUT2D eigenvalue weighted by Gasteiger charge is -2.18. The Morgan fingerprint density at radius 3 is 1.54 bits per heavy atom. The largest absolute Gasteiger partial charge is 0.456 e. The molecule has 0 atom stereocenters. The number of rotatable bonds is 3. The number of para-hydroxylation sites is 2. The van der Waals surface area contributed by atoms with Gasteiger partial charge in [-0.1, -0.05) is 121 Å². The van der Waals surface area contributed by atoms with Gasteiger partial charge in [0, 0.05) is 27.2 Å². The first-order valence-electron chi connectivity index (χ1n) is 15.8. The zero-order valence-electron chi connectivity index (χ0n) is 24.9. The zero-order chi connectivity index (χ0) is 30.2. The number of nitrogens with zero attached hydrogens (tertiary/aromatic N) is 1. The van der Waals surface area contributed by atoms with Crippen LogP contribution in [-0.4, -0.2) is 4.57 Å². The highest BCUT2D eigenvalue weighted by Crippen LogP contribution is 2.45. The normalized spacial score (nSPS) is 11.9. The van der Waals surface area contributed by atoms with Crippen molar-refractivity contribution < 1.29 is 4.42 Å². The van der Waals surface area contributed by atoms with E-state index < -0.39 is 0 Å². The predicted molar refractivity (Wildman–Crippen MR) is 194 cm³/mol. The maximum atomic E-state index is 6.40. The predicted octanol–water partition coefficient (Wildman–Crippen LogP) is 12.3. The summed E-state index contributed by atoms with van der Waals surface area (Å²) in [6, 6.07) is 59.0. The van der Waals surface area contributed by atoms with E-state index in [9.17, 15) is 0 Å². The van der Waals surface area contributed by atoms with E-state index >= 15 is 0 Å². The van der Waals surface area contributed by atoms with E-state index in [1.807, 2.05) is 6.07 Å². The number of fused-ring (bicyclic) bond motifs is 8. The summed E-state index contributed by atoms with van der Waals surface area (Å²) in [7, 11) is 0. The minimum atomic E-state index is 0.911. The van der Waals surface area contributed by atoms with Gasteiger partial charge in [-0.25, -0.2) is 0 Å². The van der Waals surface area contributed by atoms with Crippen molar-refractivity contribution in [2.45, 2.75) is 0 Å². The van der Waals surface area contributed by atoms with Crippen molar-refractivity contribution in [2.75, 3.05) is 0 Å². The third-order valence-electron chi connectivity index (χ3n) is 9.56. The lowest BCUT2D eigenvalue weighted by molar-refractivity contribution is 0.669. The van der Waals surface area contributed by atoms with E-state index in [4.69, 9.17) is 4.42 Å². The molecule has 0 saturated heterocycles. The van der Waals surface area contributed by atoms with Crippen molar-refractivity contribution in [3.63, 3.8) is 0 Å². The molecule has 8 aromatic carbocycles. The van der Waals surface area contributed by atoms with Crippen LogP contribution in [0.15, 0.2) is 168 Å². The second-order valence-electron chi connectivity index (χ2n) is 12.1. The molecular formula is C44H27NO. The van der Waals surface area contributed by atoms with E-state index in [0.29, 0.717) is 0 Å². The summed E-state index contributed by atoms with van der Waals surface area (Å²) in [5, 5.41) is 9.70. The van der Waals surface area contributed by atoms with Crippen LogP contribution in [0.2, 0.25) is 0 Å². The van der Waals surface area contributed by atoms with Gasteiger partial charge in [-0.15, -0.1) is 0 Å². The SMILES string of the molecule is c1ccc(-c2c3ccccc3c(-c3ccc4c(c3)c3cc5oc6ccccc6c5cc3n4-c3ccccc3)c3ccccc23)cc1. The Morgan fingerprint density at radius 2 is 0.870 bits per heavy atom. The average Bonchev–Trinajstić information content (AvgIpc) is 3.64. The summed E-state index contributed by atoms with van der Waals surface area (Å²) >= 11 is 0. The first kappa shape index (κ1) is 25.2. The second kappa shape index (κ2) is 9.69. The van der Waals surface area contributed by atoms with Crippen LogP contribution in [0.5, 0.6) is 0 Å². The lowest BCUT2D eigenvalue weighted by Crippen LogP contribution is -1.93. The van der Waals surface area contributed by atoms with Gasteiger partial charge in [-0.05, 0) is 86.3 Å².